The molecule has 0 aliphatic rings. The van der Waals surface area contributed by atoms with Crippen LogP contribution in [-0.2, 0) is 0 Å². The molecule has 3 rings (SSSR count). The highest BCUT2D eigenvalue weighted by Gasteiger charge is 2.13. The van der Waals surface area contributed by atoms with Gasteiger partial charge in [-0.25, -0.2) is 14.4 Å². The molecule has 114 valence electrons. The zero-order chi connectivity index (χ0) is 16.2. The van der Waals surface area contributed by atoms with E-state index in [4.69, 9.17) is 5.73 Å². The maximum Gasteiger partial charge on any atom is 0.260 e. The Balaban J connectivity index is 1.84. The Morgan fingerprint density at radius 1 is 1.04 bits per heavy atom. The van der Waals surface area contributed by atoms with E-state index in [1.54, 1.807) is 24.3 Å². The van der Waals surface area contributed by atoms with E-state index in [1.165, 1.54) is 18.3 Å². The summed E-state index contributed by atoms with van der Waals surface area (Å²) in [5.74, 6) is -0.341. The van der Waals surface area contributed by atoms with E-state index in [0.29, 0.717) is 17.1 Å². The summed E-state index contributed by atoms with van der Waals surface area (Å²) in [4.78, 5) is 20.5. The number of amides is 1. The van der Waals surface area contributed by atoms with Crippen LogP contribution in [-0.4, -0.2) is 15.9 Å². The van der Waals surface area contributed by atoms with Gasteiger partial charge in [-0.2, -0.15) is 0 Å². The van der Waals surface area contributed by atoms with Crippen LogP contribution >= 0.6 is 0 Å². The molecule has 0 unspecified atom stereocenters. The molecule has 3 aromatic rings. The van der Waals surface area contributed by atoms with Crippen molar-refractivity contribution in [2.24, 2.45) is 0 Å². The van der Waals surface area contributed by atoms with Gasteiger partial charge in [-0.3, -0.25) is 4.79 Å². The molecule has 1 aromatic heterocycles. The van der Waals surface area contributed by atoms with E-state index in [0.717, 1.165) is 0 Å². The summed E-state index contributed by atoms with van der Waals surface area (Å²) < 4.78 is 12.9. The van der Waals surface area contributed by atoms with Crippen molar-refractivity contribution in [3.8, 4) is 11.4 Å². The molecule has 1 heterocycles. The summed E-state index contributed by atoms with van der Waals surface area (Å²) in [5.41, 5.74) is 7.31. The van der Waals surface area contributed by atoms with Crippen LogP contribution in [0.15, 0.2) is 60.8 Å². The molecule has 0 fully saturated rings. The van der Waals surface area contributed by atoms with Crippen molar-refractivity contribution in [3.63, 3.8) is 0 Å². The average molecular weight is 308 g/mol. The number of hydrogen-bond acceptors (Lipinski definition) is 4. The standard InChI is InChI=1S/C17H13FN4O/c18-12-8-6-11(7-9-12)16-20-10-14(15(19)22-16)17(23)21-13-4-2-1-3-5-13/h1-10H,(H,21,23)(H2,19,20,22). The monoisotopic (exact) mass is 308 g/mol. The number of nitrogens with one attached hydrogen (secondary N) is 1. The van der Waals surface area contributed by atoms with Gasteiger partial charge in [0, 0.05) is 17.4 Å². The number of benzene rings is 2. The zero-order valence-corrected chi connectivity index (χ0v) is 12.0. The highest BCUT2D eigenvalue weighted by Crippen LogP contribution is 2.19. The molecular weight excluding hydrogens is 295 g/mol. The molecule has 5 nitrogen and oxygen atoms in total. The number of anilines is 2. The molecular formula is C17H13FN4O. The van der Waals surface area contributed by atoms with Crippen molar-refractivity contribution in [2.45, 2.75) is 0 Å². The van der Waals surface area contributed by atoms with Crippen LogP contribution in [0.5, 0.6) is 0 Å². The lowest BCUT2D eigenvalue weighted by atomic mass is 10.2. The largest absolute Gasteiger partial charge is 0.383 e. The SMILES string of the molecule is Nc1nc(-c2ccc(F)cc2)ncc1C(=O)Nc1ccccc1. The fourth-order valence-corrected chi connectivity index (χ4v) is 2.03. The third-order valence-electron chi connectivity index (χ3n) is 3.20. The van der Waals surface area contributed by atoms with Crippen LogP contribution in [0.2, 0.25) is 0 Å². The van der Waals surface area contributed by atoms with Gasteiger partial charge in [-0.1, -0.05) is 18.2 Å². The first kappa shape index (κ1) is 14.6. The number of aromatic nitrogens is 2. The lowest BCUT2D eigenvalue weighted by Gasteiger charge is -2.08. The summed E-state index contributed by atoms with van der Waals surface area (Å²) >= 11 is 0. The maximum absolute atomic E-state index is 12.9. The second kappa shape index (κ2) is 6.23. The van der Waals surface area contributed by atoms with Gasteiger partial charge in [0.05, 0.1) is 0 Å². The number of carbonyl (C=O) groups is 1. The van der Waals surface area contributed by atoms with E-state index in [1.807, 2.05) is 18.2 Å². The molecule has 23 heavy (non-hydrogen) atoms. The van der Waals surface area contributed by atoms with Gasteiger partial charge < -0.3 is 11.1 Å². The van der Waals surface area contributed by atoms with E-state index in [-0.39, 0.29) is 23.1 Å². The summed E-state index contributed by atoms with van der Waals surface area (Å²) in [6.45, 7) is 0. The van der Waals surface area contributed by atoms with Gasteiger partial charge in [0.1, 0.15) is 17.2 Å². The maximum atomic E-state index is 12.9. The highest BCUT2D eigenvalue weighted by molar-refractivity contribution is 6.07. The second-order valence-electron chi connectivity index (χ2n) is 4.82. The van der Waals surface area contributed by atoms with Crippen LogP contribution in [0.3, 0.4) is 0 Å². The minimum Gasteiger partial charge on any atom is -0.383 e. The van der Waals surface area contributed by atoms with Crippen LogP contribution in [0.25, 0.3) is 11.4 Å². The Bertz CT molecular complexity index is 835. The van der Waals surface area contributed by atoms with Crippen molar-refractivity contribution in [1.29, 1.82) is 0 Å². The molecule has 2 aromatic carbocycles. The number of nitrogens with zero attached hydrogens (tertiary/aromatic N) is 2. The molecule has 1 amide bonds. The lowest BCUT2D eigenvalue weighted by Crippen LogP contribution is -2.15. The van der Waals surface area contributed by atoms with Gasteiger partial charge in [0.15, 0.2) is 5.82 Å². The number of carbonyl (C=O) groups excluding carboxylic acids is 1. The average Bonchev–Trinajstić information content (AvgIpc) is 2.56. The minimum absolute atomic E-state index is 0.0627. The number of halogens is 1. The van der Waals surface area contributed by atoms with Gasteiger partial charge in [-0.15, -0.1) is 0 Å². The number of hydrogen-bond donors (Lipinski definition) is 2. The normalized spacial score (nSPS) is 10.3. The molecule has 0 bridgehead atoms. The highest BCUT2D eigenvalue weighted by atomic mass is 19.1. The van der Waals surface area contributed by atoms with Gasteiger partial charge in [0.25, 0.3) is 5.91 Å². The van der Waals surface area contributed by atoms with Crippen LogP contribution in [0, 0.1) is 5.82 Å². The molecule has 0 aliphatic heterocycles. The predicted molar refractivity (Wildman–Crippen MR) is 86.2 cm³/mol. The molecule has 6 heteroatoms. The Kier molecular flexibility index (Phi) is 3.97. The van der Waals surface area contributed by atoms with Crippen LogP contribution in [0.1, 0.15) is 10.4 Å². The molecule has 0 atom stereocenters. The topological polar surface area (TPSA) is 80.9 Å². The lowest BCUT2D eigenvalue weighted by molar-refractivity contribution is 0.102. The molecule has 0 saturated heterocycles. The van der Waals surface area contributed by atoms with E-state index < -0.39 is 0 Å². The quantitative estimate of drug-likeness (QED) is 0.779. The molecule has 0 radical (unpaired) electrons. The smallest absolute Gasteiger partial charge is 0.260 e. The van der Waals surface area contributed by atoms with Crippen molar-refractivity contribution in [1.82, 2.24) is 9.97 Å². The Morgan fingerprint density at radius 3 is 2.39 bits per heavy atom. The number of para-hydroxylation sites is 1. The molecule has 3 N–H and O–H groups in total. The summed E-state index contributed by atoms with van der Waals surface area (Å²) in [6.07, 6.45) is 1.36. The molecule has 0 spiro atoms. The number of nitrogen functional groups attached to an aromatic ring is 1. The van der Waals surface area contributed by atoms with Crippen molar-refractivity contribution >= 4 is 17.4 Å². The molecule has 0 aliphatic carbocycles. The Hall–Kier alpha value is -3.28. The van der Waals surface area contributed by atoms with E-state index in [9.17, 15) is 9.18 Å². The zero-order valence-electron chi connectivity index (χ0n) is 12.0. The first-order valence-corrected chi connectivity index (χ1v) is 6.88. The third-order valence-corrected chi connectivity index (χ3v) is 3.20. The summed E-state index contributed by atoms with van der Waals surface area (Å²) in [7, 11) is 0. The minimum atomic E-state index is -0.389. The van der Waals surface area contributed by atoms with Crippen molar-refractivity contribution in [3.05, 3.63) is 72.2 Å². The Morgan fingerprint density at radius 2 is 1.74 bits per heavy atom. The number of nitrogens with two attached hydrogens (primary N) is 1. The predicted octanol–water partition coefficient (Wildman–Crippen LogP) is 3.12. The van der Waals surface area contributed by atoms with Crippen molar-refractivity contribution in [2.75, 3.05) is 11.1 Å². The Labute approximate surface area is 132 Å². The summed E-state index contributed by atoms with van der Waals surface area (Å²) in [5, 5.41) is 2.72. The van der Waals surface area contributed by atoms with Crippen molar-refractivity contribution < 1.29 is 9.18 Å². The van der Waals surface area contributed by atoms with E-state index >= 15 is 0 Å². The van der Waals surface area contributed by atoms with Gasteiger partial charge >= 0.3 is 0 Å². The third kappa shape index (κ3) is 3.32. The molecule has 0 saturated carbocycles. The van der Waals surface area contributed by atoms with Crippen LogP contribution in [0.4, 0.5) is 15.9 Å². The fourth-order valence-electron chi connectivity index (χ4n) is 2.03. The fraction of sp³-hybridized carbons (Fsp3) is 0. The first-order valence-electron chi connectivity index (χ1n) is 6.88. The van der Waals surface area contributed by atoms with Crippen LogP contribution < -0.4 is 11.1 Å². The summed E-state index contributed by atoms with van der Waals surface area (Å²) in [6, 6.07) is 14.7. The first-order chi connectivity index (χ1) is 11.1. The number of rotatable bonds is 3. The second-order valence-corrected chi connectivity index (χ2v) is 4.82. The van der Waals surface area contributed by atoms with Gasteiger partial charge in [0.2, 0.25) is 0 Å². The van der Waals surface area contributed by atoms with Gasteiger partial charge in [-0.05, 0) is 36.4 Å². The van der Waals surface area contributed by atoms with E-state index in [2.05, 4.69) is 15.3 Å².